The van der Waals surface area contributed by atoms with Gasteiger partial charge in [-0.25, -0.2) is 0 Å². The molecule has 0 aromatic heterocycles. The van der Waals surface area contributed by atoms with Crippen LogP contribution in [0.25, 0.3) is 10.8 Å². The topological polar surface area (TPSA) is 58.2 Å². The summed E-state index contributed by atoms with van der Waals surface area (Å²) in [5.74, 6) is -0.234. The molecule has 2 amide bonds. The zero-order valence-electron chi connectivity index (χ0n) is 13.4. The van der Waals surface area contributed by atoms with E-state index in [2.05, 4.69) is 10.6 Å². The molecule has 0 aliphatic heterocycles. The first kappa shape index (κ1) is 15.7. The Bertz CT molecular complexity index is 886. The molecular formula is C20H18N2O2. The van der Waals surface area contributed by atoms with E-state index in [4.69, 9.17) is 0 Å². The maximum absolute atomic E-state index is 12.2. The molecule has 2 N–H and O–H groups in total. The van der Waals surface area contributed by atoms with Crippen LogP contribution < -0.4 is 10.6 Å². The molecule has 0 spiro atoms. The quantitative estimate of drug-likeness (QED) is 0.775. The third kappa shape index (κ3) is 3.60. The molecule has 0 bridgehead atoms. The molecule has 0 saturated heterocycles. The Kier molecular flexibility index (Phi) is 4.57. The van der Waals surface area contributed by atoms with Gasteiger partial charge in [0.1, 0.15) is 0 Å². The minimum atomic E-state index is -0.149. The first-order valence-corrected chi connectivity index (χ1v) is 7.75. The molecule has 24 heavy (non-hydrogen) atoms. The number of hydrogen-bond donors (Lipinski definition) is 2. The van der Waals surface area contributed by atoms with Crippen LogP contribution in [0.5, 0.6) is 0 Å². The lowest BCUT2D eigenvalue weighted by Gasteiger charge is -2.07. The summed E-state index contributed by atoms with van der Waals surface area (Å²) in [5, 5.41) is 7.70. The lowest BCUT2D eigenvalue weighted by molar-refractivity contribution is -0.115. The minimum Gasteiger partial charge on any atom is -0.355 e. The van der Waals surface area contributed by atoms with Gasteiger partial charge in [0.15, 0.2) is 0 Å². The van der Waals surface area contributed by atoms with E-state index >= 15 is 0 Å². The van der Waals surface area contributed by atoms with Crippen molar-refractivity contribution in [3.05, 3.63) is 77.9 Å². The number of hydrogen-bond acceptors (Lipinski definition) is 2. The van der Waals surface area contributed by atoms with E-state index in [-0.39, 0.29) is 11.8 Å². The molecule has 0 aliphatic rings. The van der Waals surface area contributed by atoms with E-state index < -0.39 is 0 Å². The van der Waals surface area contributed by atoms with Crippen molar-refractivity contribution in [3.8, 4) is 0 Å². The maximum atomic E-state index is 12.2. The zero-order chi connectivity index (χ0) is 16.9. The molecule has 0 unspecified atom stereocenters. The SMILES string of the molecule is CNC(=O)c1ccc(NC(=O)Cc2ccc3ccccc3c2)cc1. The number of fused-ring (bicyclic) bond motifs is 1. The number of rotatable bonds is 4. The van der Waals surface area contributed by atoms with E-state index in [9.17, 15) is 9.59 Å². The van der Waals surface area contributed by atoms with Crippen molar-refractivity contribution in [1.82, 2.24) is 5.32 Å². The molecule has 120 valence electrons. The standard InChI is InChI=1S/C20H18N2O2/c1-21-20(24)16-8-10-18(11-9-16)22-19(23)13-14-6-7-15-4-2-3-5-17(15)12-14/h2-12H,13H2,1H3,(H,21,24)(H,22,23). The van der Waals surface area contributed by atoms with Crippen molar-refractivity contribution in [1.29, 1.82) is 0 Å². The highest BCUT2D eigenvalue weighted by Gasteiger charge is 2.07. The van der Waals surface area contributed by atoms with E-state index in [0.717, 1.165) is 16.3 Å². The summed E-state index contributed by atoms with van der Waals surface area (Å²) in [6.45, 7) is 0. The number of anilines is 1. The number of benzene rings is 3. The van der Waals surface area contributed by atoms with Gasteiger partial charge in [-0.15, -0.1) is 0 Å². The van der Waals surface area contributed by atoms with Crippen LogP contribution in [0.2, 0.25) is 0 Å². The van der Waals surface area contributed by atoms with Gasteiger partial charge in [0, 0.05) is 18.3 Å². The lowest BCUT2D eigenvalue weighted by Crippen LogP contribution is -2.18. The molecule has 0 atom stereocenters. The lowest BCUT2D eigenvalue weighted by atomic mass is 10.0. The Hall–Kier alpha value is -3.14. The van der Waals surface area contributed by atoms with Crippen LogP contribution >= 0.6 is 0 Å². The Morgan fingerprint density at radius 2 is 1.58 bits per heavy atom. The van der Waals surface area contributed by atoms with Crippen molar-refractivity contribution >= 4 is 28.3 Å². The van der Waals surface area contributed by atoms with Crippen molar-refractivity contribution in [3.63, 3.8) is 0 Å². The average Bonchev–Trinajstić information content (AvgIpc) is 2.61. The predicted octanol–water partition coefficient (Wildman–Crippen LogP) is 3.38. The van der Waals surface area contributed by atoms with Gasteiger partial charge in [-0.3, -0.25) is 9.59 Å². The fourth-order valence-corrected chi connectivity index (χ4v) is 2.59. The van der Waals surface area contributed by atoms with Gasteiger partial charge in [0.2, 0.25) is 5.91 Å². The number of carbonyl (C=O) groups is 2. The zero-order valence-corrected chi connectivity index (χ0v) is 13.4. The van der Waals surface area contributed by atoms with E-state index in [1.807, 2.05) is 42.5 Å². The Labute approximate surface area is 140 Å². The van der Waals surface area contributed by atoms with E-state index in [1.165, 1.54) is 0 Å². The van der Waals surface area contributed by atoms with Crippen LogP contribution in [0.15, 0.2) is 66.7 Å². The van der Waals surface area contributed by atoms with Crippen LogP contribution in [0.4, 0.5) is 5.69 Å². The van der Waals surface area contributed by atoms with Crippen LogP contribution in [0.3, 0.4) is 0 Å². The smallest absolute Gasteiger partial charge is 0.251 e. The van der Waals surface area contributed by atoms with Crippen LogP contribution in [0.1, 0.15) is 15.9 Å². The van der Waals surface area contributed by atoms with Gasteiger partial charge >= 0.3 is 0 Å². The molecule has 3 aromatic rings. The first-order valence-electron chi connectivity index (χ1n) is 7.75. The van der Waals surface area contributed by atoms with Crippen molar-refractivity contribution in [2.24, 2.45) is 0 Å². The highest BCUT2D eigenvalue weighted by Crippen LogP contribution is 2.16. The fourth-order valence-electron chi connectivity index (χ4n) is 2.59. The second kappa shape index (κ2) is 6.96. The summed E-state index contributed by atoms with van der Waals surface area (Å²) >= 11 is 0. The molecule has 4 heteroatoms. The van der Waals surface area contributed by atoms with Crippen molar-refractivity contribution in [2.45, 2.75) is 6.42 Å². The van der Waals surface area contributed by atoms with Crippen LogP contribution in [-0.2, 0) is 11.2 Å². The Morgan fingerprint density at radius 3 is 2.29 bits per heavy atom. The molecule has 3 aromatic carbocycles. The van der Waals surface area contributed by atoms with Gasteiger partial charge in [0.05, 0.1) is 6.42 Å². The highest BCUT2D eigenvalue weighted by molar-refractivity contribution is 5.96. The largest absolute Gasteiger partial charge is 0.355 e. The van der Waals surface area contributed by atoms with Gasteiger partial charge in [0.25, 0.3) is 5.91 Å². The minimum absolute atomic E-state index is 0.0852. The third-order valence-corrected chi connectivity index (χ3v) is 3.84. The van der Waals surface area contributed by atoms with Crippen LogP contribution in [0, 0.1) is 0 Å². The summed E-state index contributed by atoms with van der Waals surface area (Å²) < 4.78 is 0. The summed E-state index contributed by atoms with van der Waals surface area (Å²) in [5.41, 5.74) is 2.20. The van der Waals surface area contributed by atoms with Crippen LogP contribution in [-0.4, -0.2) is 18.9 Å². The molecule has 3 rings (SSSR count). The van der Waals surface area contributed by atoms with Gasteiger partial charge in [-0.2, -0.15) is 0 Å². The van der Waals surface area contributed by atoms with E-state index in [1.54, 1.807) is 31.3 Å². The monoisotopic (exact) mass is 318 g/mol. The second-order valence-corrected chi connectivity index (χ2v) is 5.56. The highest BCUT2D eigenvalue weighted by atomic mass is 16.2. The molecule has 0 heterocycles. The predicted molar refractivity (Wildman–Crippen MR) is 96.1 cm³/mol. The normalized spacial score (nSPS) is 10.4. The summed E-state index contributed by atoms with van der Waals surface area (Å²) in [7, 11) is 1.58. The molecular weight excluding hydrogens is 300 g/mol. The van der Waals surface area contributed by atoms with E-state index in [0.29, 0.717) is 17.7 Å². The van der Waals surface area contributed by atoms with Gasteiger partial charge in [-0.1, -0.05) is 42.5 Å². The fraction of sp³-hybridized carbons (Fsp3) is 0.100. The molecule has 0 saturated carbocycles. The summed E-state index contributed by atoms with van der Waals surface area (Å²) in [4.78, 5) is 23.7. The molecule has 0 fully saturated rings. The summed E-state index contributed by atoms with van der Waals surface area (Å²) in [6, 6.07) is 20.9. The number of nitrogens with one attached hydrogen (secondary N) is 2. The Morgan fingerprint density at radius 1 is 0.875 bits per heavy atom. The number of amides is 2. The average molecular weight is 318 g/mol. The summed E-state index contributed by atoms with van der Waals surface area (Å²) in [6.07, 6.45) is 0.308. The van der Waals surface area contributed by atoms with Gasteiger partial charge < -0.3 is 10.6 Å². The molecule has 0 radical (unpaired) electrons. The Balaban J connectivity index is 1.67. The van der Waals surface area contributed by atoms with Gasteiger partial charge in [-0.05, 0) is 40.6 Å². The van der Waals surface area contributed by atoms with Crippen molar-refractivity contribution in [2.75, 3.05) is 12.4 Å². The van der Waals surface area contributed by atoms with Crippen molar-refractivity contribution < 1.29 is 9.59 Å². The maximum Gasteiger partial charge on any atom is 0.251 e. The second-order valence-electron chi connectivity index (χ2n) is 5.56. The molecule has 4 nitrogen and oxygen atoms in total. The first-order chi connectivity index (χ1) is 11.7. The number of carbonyl (C=O) groups excluding carboxylic acids is 2. The third-order valence-electron chi connectivity index (χ3n) is 3.84. The molecule has 0 aliphatic carbocycles.